The summed E-state index contributed by atoms with van der Waals surface area (Å²) in [5, 5.41) is 0.448. The molecule has 2 unspecified atom stereocenters. The molecule has 0 spiro atoms. The van der Waals surface area contributed by atoms with Gasteiger partial charge in [-0.05, 0) is 42.7 Å². The van der Waals surface area contributed by atoms with E-state index >= 15 is 0 Å². The lowest BCUT2D eigenvalue weighted by Crippen LogP contribution is -2.06. The number of ether oxygens (including phenoxy) is 2. The summed E-state index contributed by atoms with van der Waals surface area (Å²) in [7, 11) is 3.28. The van der Waals surface area contributed by atoms with Gasteiger partial charge in [0.05, 0.1) is 14.2 Å². The number of hydrogen-bond donors (Lipinski definition) is 0. The summed E-state index contributed by atoms with van der Waals surface area (Å²) in [6.45, 7) is 0. The van der Waals surface area contributed by atoms with Crippen LogP contribution in [0.25, 0.3) is 6.08 Å². The first kappa shape index (κ1) is 16.9. The minimum absolute atomic E-state index is 0.425. The number of carbonyl (C=O) groups excluding carboxylic acids is 1. The fraction of sp³-hybridized carbons (Fsp3) is 0.500. The summed E-state index contributed by atoms with van der Waals surface area (Å²) in [6.07, 6.45) is 10.2. The van der Waals surface area contributed by atoms with Crippen LogP contribution in [0.15, 0.2) is 24.3 Å². The number of ketones is 1. The van der Waals surface area contributed by atoms with Crippen LogP contribution in [0.2, 0.25) is 0 Å². The van der Waals surface area contributed by atoms with Gasteiger partial charge in [-0.3, -0.25) is 4.79 Å². The molecule has 0 bridgehead atoms. The van der Waals surface area contributed by atoms with Crippen LogP contribution in [-0.4, -0.2) is 31.5 Å². The Hall–Kier alpha value is -1.42. The summed E-state index contributed by atoms with van der Waals surface area (Å²) in [5.41, 5.74) is 1.10. The second-order valence-electron chi connectivity index (χ2n) is 5.63. The fourth-order valence-corrected chi connectivity index (χ4v) is 3.55. The van der Waals surface area contributed by atoms with Crippen LogP contribution < -0.4 is 9.47 Å². The molecule has 1 aromatic rings. The Morgan fingerprint density at radius 2 is 2.09 bits per heavy atom. The summed E-state index contributed by atoms with van der Waals surface area (Å²) < 4.78 is 10.6. The van der Waals surface area contributed by atoms with Gasteiger partial charge >= 0.3 is 0 Å². The van der Waals surface area contributed by atoms with E-state index in [1.807, 2.05) is 30.0 Å². The minimum Gasteiger partial charge on any atom is -0.493 e. The molecule has 3 nitrogen and oxygen atoms in total. The third-order valence-corrected chi connectivity index (χ3v) is 5.08. The fourth-order valence-electron chi connectivity index (χ4n) is 2.85. The highest BCUT2D eigenvalue weighted by molar-refractivity contribution is 7.99. The largest absolute Gasteiger partial charge is 0.493 e. The molecule has 120 valence electrons. The van der Waals surface area contributed by atoms with E-state index in [0.29, 0.717) is 17.0 Å². The molecule has 0 aliphatic heterocycles. The molecular weight excluding hydrogens is 296 g/mol. The van der Waals surface area contributed by atoms with Crippen LogP contribution in [-0.2, 0) is 4.79 Å². The summed E-state index contributed by atoms with van der Waals surface area (Å²) in [5.74, 6) is 2.46. The number of hydrogen-bond acceptors (Lipinski definition) is 4. The number of methoxy groups -OCH3 is 2. The van der Waals surface area contributed by atoms with Crippen LogP contribution in [0.3, 0.4) is 0 Å². The molecule has 0 saturated heterocycles. The predicted molar refractivity (Wildman–Crippen MR) is 92.8 cm³/mol. The van der Waals surface area contributed by atoms with Gasteiger partial charge in [0.1, 0.15) is 5.78 Å². The molecule has 1 aromatic carbocycles. The Labute approximate surface area is 137 Å². The summed E-state index contributed by atoms with van der Waals surface area (Å²) in [6, 6.07) is 5.92. The topological polar surface area (TPSA) is 35.5 Å². The minimum atomic E-state index is 0.425. The Morgan fingerprint density at radius 3 is 2.68 bits per heavy atom. The van der Waals surface area contributed by atoms with Crippen LogP contribution in [0.5, 0.6) is 11.5 Å². The third kappa shape index (κ3) is 4.54. The first-order valence-electron chi connectivity index (χ1n) is 7.61. The molecule has 2 atom stereocenters. The standard InChI is InChI=1S/C18H24O3S/c1-20-17-9-6-13(12-18(17)21-2)5-8-16(22-3)11-14-4-7-15(19)10-14/h5-6,8-9,12,14,16H,4,7,10-11H2,1-3H3/b8-5+. The Bertz CT molecular complexity index is 539. The van der Waals surface area contributed by atoms with Gasteiger partial charge in [-0.1, -0.05) is 18.2 Å². The highest BCUT2D eigenvalue weighted by Crippen LogP contribution is 2.31. The normalized spacial score (nSPS) is 19.6. The maximum absolute atomic E-state index is 11.4. The van der Waals surface area contributed by atoms with E-state index in [0.717, 1.165) is 42.7 Å². The Morgan fingerprint density at radius 1 is 1.32 bits per heavy atom. The average molecular weight is 320 g/mol. The van der Waals surface area contributed by atoms with Crippen molar-refractivity contribution in [2.24, 2.45) is 5.92 Å². The van der Waals surface area contributed by atoms with Crippen molar-refractivity contribution in [3.63, 3.8) is 0 Å². The molecule has 0 aromatic heterocycles. The predicted octanol–water partition coefficient (Wildman–Crippen LogP) is 4.21. The third-order valence-electron chi connectivity index (χ3n) is 4.13. The Kier molecular flexibility index (Phi) is 6.37. The molecule has 2 rings (SSSR count). The van der Waals surface area contributed by atoms with Crippen molar-refractivity contribution in [1.29, 1.82) is 0 Å². The van der Waals surface area contributed by atoms with Gasteiger partial charge in [0.15, 0.2) is 11.5 Å². The molecule has 1 saturated carbocycles. The van der Waals surface area contributed by atoms with Gasteiger partial charge in [0.25, 0.3) is 0 Å². The number of thioether (sulfide) groups is 1. The van der Waals surface area contributed by atoms with Crippen LogP contribution >= 0.6 is 11.8 Å². The second-order valence-corrected chi connectivity index (χ2v) is 6.71. The van der Waals surface area contributed by atoms with Crippen molar-refractivity contribution in [3.8, 4) is 11.5 Å². The van der Waals surface area contributed by atoms with Crippen LogP contribution in [0.1, 0.15) is 31.2 Å². The molecule has 1 fully saturated rings. The lowest BCUT2D eigenvalue weighted by atomic mass is 10.0. The number of carbonyl (C=O) groups is 1. The van der Waals surface area contributed by atoms with E-state index in [9.17, 15) is 4.79 Å². The van der Waals surface area contributed by atoms with E-state index in [2.05, 4.69) is 18.4 Å². The number of rotatable bonds is 7. The molecule has 0 N–H and O–H groups in total. The second kappa shape index (κ2) is 8.28. The van der Waals surface area contributed by atoms with Gasteiger partial charge in [-0.2, -0.15) is 11.8 Å². The highest BCUT2D eigenvalue weighted by atomic mass is 32.2. The van der Waals surface area contributed by atoms with Crippen LogP contribution in [0, 0.1) is 5.92 Å². The van der Waals surface area contributed by atoms with Crippen molar-refractivity contribution in [1.82, 2.24) is 0 Å². The smallest absolute Gasteiger partial charge is 0.161 e. The Balaban J connectivity index is 2.00. The zero-order valence-electron chi connectivity index (χ0n) is 13.5. The quantitative estimate of drug-likeness (QED) is 0.754. The molecular formula is C18H24O3S. The summed E-state index contributed by atoms with van der Waals surface area (Å²) >= 11 is 1.84. The van der Waals surface area contributed by atoms with Crippen molar-refractivity contribution in [2.75, 3.05) is 20.5 Å². The van der Waals surface area contributed by atoms with E-state index in [1.165, 1.54) is 0 Å². The maximum atomic E-state index is 11.4. The first-order valence-corrected chi connectivity index (χ1v) is 8.89. The van der Waals surface area contributed by atoms with Gasteiger partial charge < -0.3 is 9.47 Å². The number of Topliss-reactive ketones (excluding diaryl/α,β-unsaturated/α-hetero) is 1. The van der Waals surface area contributed by atoms with E-state index in [1.54, 1.807) is 14.2 Å². The SMILES string of the molecule is COc1ccc(/C=C/C(CC2CCC(=O)C2)SC)cc1OC. The molecule has 0 radical (unpaired) electrons. The van der Waals surface area contributed by atoms with Gasteiger partial charge in [-0.15, -0.1) is 0 Å². The van der Waals surface area contributed by atoms with E-state index in [4.69, 9.17) is 9.47 Å². The molecule has 0 amide bonds. The van der Waals surface area contributed by atoms with Gasteiger partial charge in [0, 0.05) is 18.1 Å². The zero-order valence-corrected chi connectivity index (χ0v) is 14.3. The van der Waals surface area contributed by atoms with E-state index in [-0.39, 0.29) is 0 Å². The lowest BCUT2D eigenvalue weighted by molar-refractivity contribution is -0.117. The van der Waals surface area contributed by atoms with Crippen molar-refractivity contribution in [2.45, 2.75) is 30.9 Å². The summed E-state index contributed by atoms with van der Waals surface area (Å²) in [4.78, 5) is 11.4. The van der Waals surface area contributed by atoms with Gasteiger partial charge in [0.2, 0.25) is 0 Å². The molecule has 0 heterocycles. The van der Waals surface area contributed by atoms with Crippen molar-refractivity contribution >= 4 is 23.6 Å². The molecule has 1 aliphatic carbocycles. The number of benzene rings is 1. The highest BCUT2D eigenvalue weighted by Gasteiger charge is 2.23. The zero-order chi connectivity index (χ0) is 15.9. The maximum Gasteiger partial charge on any atom is 0.161 e. The lowest BCUT2D eigenvalue weighted by Gasteiger charge is -2.14. The average Bonchev–Trinajstić information content (AvgIpc) is 2.96. The molecule has 1 aliphatic rings. The van der Waals surface area contributed by atoms with Gasteiger partial charge in [-0.25, -0.2) is 0 Å². The van der Waals surface area contributed by atoms with Crippen LogP contribution in [0.4, 0.5) is 0 Å². The van der Waals surface area contributed by atoms with Crippen molar-refractivity contribution < 1.29 is 14.3 Å². The monoisotopic (exact) mass is 320 g/mol. The first-order chi connectivity index (χ1) is 10.7. The van der Waals surface area contributed by atoms with Crippen molar-refractivity contribution in [3.05, 3.63) is 29.8 Å². The van der Waals surface area contributed by atoms with E-state index < -0.39 is 0 Å². The molecule has 22 heavy (non-hydrogen) atoms. The molecule has 4 heteroatoms.